The lowest BCUT2D eigenvalue weighted by molar-refractivity contribution is -0.200. The predicted molar refractivity (Wildman–Crippen MR) is 60.4 cm³/mol. The van der Waals surface area contributed by atoms with E-state index in [1.165, 1.54) is 26.8 Å². The summed E-state index contributed by atoms with van der Waals surface area (Å²) in [5.41, 5.74) is 0.416. The van der Waals surface area contributed by atoms with Gasteiger partial charge in [0.05, 0.1) is 0 Å². The molecular weight excluding hydrogens is 208 g/mol. The van der Waals surface area contributed by atoms with E-state index in [9.17, 15) is 9.59 Å². The molecule has 0 amide bonds. The number of hydrogen-bond donors (Lipinski definition) is 0. The molecule has 0 aromatic heterocycles. The van der Waals surface area contributed by atoms with Gasteiger partial charge in [0.2, 0.25) is 0 Å². The molecule has 0 aliphatic carbocycles. The highest BCUT2D eigenvalue weighted by molar-refractivity contribution is 5.89. The van der Waals surface area contributed by atoms with Crippen LogP contribution in [-0.4, -0.2) is 17.7 Å². The Hall–Kier alpha value is -1.84. The van der Waals surface area contributed by atoms with Crippen LogP contribution in [0.3, 0.4) is 0 Å². The highest BCUT2D eigenvalue weighted by atomic mass is 16.7. The summed E-state index contributed by atoms with van der Waals surface area (Å²) < 4.78 is 9.86. The quantitative estimate of drug-likeness (QED) is 0.310. The van der Waals surface area contributed by atoms with Crippen LogP contribution >= 0.6 is 0 Å². The molecule has 0 saturated carbocycles. The molecule has 0 atom stereocenters. The van der Waals surface area contributed by atoms with Gasteiger partial charge in [-0.25, -0.2) is 9.59 Å². The van der Waals surface area contributed by atoms with Crippen molar-refractivity contribution in [3.63, 3.8) is 0 Å². The lowest BCUT2D eigenvalue weighted by atomic mass is 10.3. The standard InChI is InChI=1S/C12H16O4/c1-7-12(6,15-10(13)8(2)3)16-11(14)9(4)5/h7H,1-2,4H2,3,5-6H3. The molecular formula is C12H16O4. The van der Waals surface area contributed by atoms with Crippen LogP contribution in [0.25, 0.3) is 0 Å². The van der Waals surface area contributed by atoms with E-state index < -0.39 is 17.7 Å². The van der Waals surface area contributed by atoms with Crippen molar-refractivity contribution in [3.8, 4) is 0 Å². The lowest BCUT2D eigenvalue weighted by Gasteiger charge is -2.25. The van der Waals surface area contributed by atoms with Gasteiger partial charge in [0.1, 0.15) is 0 Å². The zero-order valence-electron chi connectivity index (χ0n) is 9.83. The summed E-state index contributed by atoms with van der Waals surface area (Å²) in [7, 11) is 0. The Bertz CT molecular complexity index is 324. The van der Waals surface area contributed by atoms with Crippen molar-refractivity contribution in [2.45, 2.75) is 26.6 Å². The SMILES string of the molecule is C=CC(C)(OC(=O)C(=C)C)OC(=O)C(=C)C. The molecule has 0 heterocycles. The van der Waals surface area contributed by atoms with E-state index in [4.69, 9.17) is 9.47 Å². The van der Waals surface area contributed by atoms with Gasteiger partial charge in [-0.3, -0.25) is 0 Å². The topological polar surface area (TPSA) is 52.6 Å². The van der Waals surface area contributed by atoms with Crippen molar-refractivity contribution in [2.24, 2.45) is 0 Å². The highest BCUT2D eigenvalue weighted by Gasteiger charge is 2.30. The largest absolute Gasteiger partial charge is 0.416 e. The molecule has 0 aliphatic rings. The number of rotatable bonds is 5. The summed E-state index contributed by atoms with van der Waals surface area (Å²) in [6.07, 6.45) is 1.22. The number of esters is 2. The van der Waals surface area contributed by atoms with E-state index in [1.807, 2.05) is 0 Å². The minimum Gasteiger partial charge on any atom is -0.416 e. The average Bonchev–Trinajstić information content (AvgIpc) is 2.17. The van der Waals surface area contributed by atoms with E-state index in [0.29, 0.717) is 0 Å². The zero-order chi connectivity index (χ0) is 12.9. The van der Waals surface area contributed by atoms with Gasteiger partial charge in [0.25, 0.3) is 5.79 Å². The molecule has 0 aromatic carbocycles. The second-order valence-corrected chi connectivity index (χ2v) is 3.56. The summed E-state index contributed by atoms with van der Waals surface area (Å²) in [6, 6.07) is 0. The van der Waals surface area contributed by atoms with Gasteiger partial charge in [-0.15, -0.1) is 0 Å². The second-order valence-electron chi connectivity index (χ2n) is 3.56. The fourth-order valence-corrected chi connectivity index (χ4v) is 0.647. The maximum atomic E-state index is 11.3. The highest BCUT2D eigenvalue weighted by Crippen LogP contribution is 2.17. The van der Waals surface area contributed by atoms with Crippen LogP contribution in [0.4, 0.5) is 0 Å². The van der Waals surface area contributed by atoms with E-state index >= 15 is 0 Å². The maximum absolute atomic E-state index is 11.3. The first-order valence-electron chi connectivity index (χ1n) is 4.63. The zero-order valence-corrected chi connectivity index (χ0v) is 9.83. The molecule has 16 heavy (non-hydrogen) atoms. The van der Waals surface area contributed by atoms with Crippen molar-refractivity contribution >= 4 is 11.9 Å². The Balaban J connectivity index is 4.73. The number of hydrogen-bond acceptors (Lipinski definition) is 4. The first kappa shape index (κ1) is 14.2. The van der Waals surface area contributed by atoms with Crippen molar-refractivity contribution in [1.82, 2.24) is 0 Å². The molecule has 0 aromatic rings. The Morgan fingerprint density at radius 1 is 1.06 bits per heavy atom. The number of ether oxygens (including phenoxy) is 2. The molecule has 4 heteroatoms. The van der Waals surface area contributed by atoms with Crippen LogP contribution in [0.2, 0.25) is 0 Å². The van der Waals surface area contributed by atoms with Crippen LogP contribution in [0.5, 0.6) is 0 Å². The summed E-state index contributed by atoms with van der Waals surface area (Å²) >= 11 is 0. The minimum absolute atomic E-state index is 0.208. The third-order valence-corrected chi connectivity index (χ3v) is 1.66. The molecule has 4 nitrogen and oxygen atoms in total. The summed E-state index contributed by atoms with van der Waals surface area (Å²) in [4.78, 5) is 22.6. The van der Waals surface area contributed by atoms with Gasteiger partial charge in [0.15, 0.2) is 0 Å². The van der Waals surface area contributed by atoms with Crippen molar-refractivity contribution in [2.75, 3.05) is 0 Å². The molecule has 0 unspecified atom stereocenters. The van der Waals surface area contributed by atoms with Crippen LogP contribution < -0.4 is 0 Å². The van der Waals surface area contributed by atoms with Crippen molar-refractivity contribution in [3.05, 3.63) is 37.0 Å². The van der Waals surface area contributed by atoms with Crippen LogP contribution in [0, 0.1) is 0 Å². The van der Waals surface area contributed by atoms with Gasteiger partial charge in [-0.1, -0.05) is 19.7 Å². The first-order chi connectivity index (χ1) is 7.22. The van der Waals surface area contributed by atoms with E-state index in [0.717, 1.165) is 0 Å². The lowest BCUT2D eigenvalue weighted by Crippen LogP contribution is -2.35. The molecule has 0 spiro atoms. The van der Waals surface area contributed by atoms with Crippen LogP contribution in [-0.2, 0) is 19.1 Å². The average molecular weight is 224 g/mol. The number of carbonyl (C=O) groups excluding carboxylic acids is 2. The molecule has 0 bridgehead atoms. The summed E-state index contributed by atoms with van der Waals surface area (Å²) in [5.74, 6) is -2.82. The summed E-state index contributed by atoms with van der Waals surface area (Å²) in [5, 5.41) is 0. The fraction of sp³-hybridized carbons (Fsp3) is 0.333. The Labute approximate surface area is 95.2 Å². The normalized spacial score (nSPS) is 10.2. The Kier molecular flexibility index (Phi) is 4.69. The van der Waals surface area contributed by atoms with Gasteiger partial charge < -0.3 is 9.47 Å². The monoisotopic (exact) mass is 224 g/mol. The smallest absolute Gasteiger partial charge is 0.336 e. The minimum atomic E-state index is -1.51. The predicted octanol–water partition coefficient (Wildman–Crippen LogP) is 2.13. The van der Waals surface area contributed by atoms with Gasteiger partial charge in [-0.2, -0.15) is 0 Å². The van der Waals surface area contributed by atoms with Crippen LogP contribution in [0.15, 0.2) is 37.0 Å². The molecule has 0 N–H and O–H groups in total. The van der Waals surface area contributed by atoms with E-state index in [1.54, 1.807) is 0 Å². The van der Waals surface area contributed by atoms with E-state index in [2.05, 4.69) is 19.7 Å². The molecule has 88 valence electrons. The third kappa shape index (κ3) is 4.13. The van der Waals surface area contributed by atoms with Gasteiger partial charge in [0, 0.05) is 18.1 Å². The Morgan fingerprint density at radius 3 is 1.56 bits per heavy atom. The van der Waals surface area contributed by atoms with Gasteiger partial charge >= 0.3 is 11.9 Å². The molecule has 0 radical (unpaired) electrons. The Morgan fingerprint density at radius 2 is 1.38 bits per heavy atom. The molecule has 0 fully saturated rings. The fourth-order valence-electron chi connectivity index (χ4n) is 0.647. The van der Waals surface area contributed by atoms with Crippen molar-refractivity contribution < 1.29 is 19.1 Å². The van der Waals surface area contributed by atoms with Crippen molar-refractivity contribution in [1.29, 1.82) is 0 Å². The summed E-state index contributed by atoms with van der Waals surface area (Å²) in [6.45, 7) is 14.7. The van der Waals surface area contributed by atoms with Crippen LogP contribution in [0.1, 0.15) is 20.8 Å². The number of carbonyl (C=O) groups is 2. The first-order valence-corrected chi connectivity index (χ1v) is 4.63. The molecule has 0 aliphatic heterocycles. The maximum Gasteiger partial charge on any atom is 0.336 e. The third-order valence-electron chi connectivity index (χ3n) is 1.66. The van der Waals surface area contributed by atoms with Gasteiger partial charge in [-0.05, 0) is 19.9 Å². The van der Waals surface area contributed by atoms with E-state index in [-0.39, 0.29) is 11.1 Å². The second kappa shape index (κ2) is 5.30. The molecule has 0 rings (SSSR count). The molecule has 0 saturated heterocycles.